The Morgan fingerprint density at radius 2 is 2.19 bits per heavy atom. The van der Waals surface area contributed by atoms with Crippen LogP contribution in [-0.2, 0) is 6.54 Å². The lowest BCUT2D eigenvalue weighted by Gasteiger charge is -2.09. The van der Waals surface area contributed by atoms with Crippen LogP contribution < -0.4 is 5.73 Å². The number of nitrogens with zero attached hydrogens (tertiary/aromatic N) is 2. The molecule has 84 valence electrons. The molecule has 1 aromatic heterocycles. The van der Waals surface area contributed by atoms with Gasteiger partial charge in [0.15, 0.2) is 0 Å². The maximum absolute atomic E-state index is 5.99. The predicted molar refractivity (Wildman–Crippen MR) is 67.1 cm³/mol. The minimum absolute atomic E-state index is 0.786. The highest BCUT2D eigenvalue weighted by Gasteiger charge is 2.08. The molecule has 0 saturated heterocycles. The molecule has 3 heteroatoms. The van der Waals surface area contributed by atoms with Crippen molar-refractivity contribution in [2.45, 2.75) is 26.8 Å². The minimum Gasteiger partial charge on any atom is -0.398 e. The van der Waals surface area contributed by atoms with Crippen molar-refractivity contribution >= 4 is 5.69 Å². The summed E-state index contributed by atoms with van der Waals surface area (Å²) in [6, 6.07) is 6.05. The Balaban J connectivity index is 2.49. The molecule has 0 aliphatic carbocycles. The zero-order valence-electron chi connectivity index (χ0n) is 9.77. The summed E-state index contributed by atoms with van der Waals surface area (Å²) in [5.74, 6) is 0.961. The molecule has 0 saturated carbocycles. The van der Waals surface area contributed by atoms with Crippen LogP contribution in [0.5, 0.6) is 0 Å². The van der Waals surface area contributed by atoms with Gasteiger partial charge in [-0.15, -0.1) is 0 Å². The van der Waals surface area contributed by atoms with Crippen LogP contribution in [0.4, 0.5) is 5.69 Å². The molecule has 0 amide bonds. The molecule has 3 nitrogen and oxygen atoms in total. The van der Waals surface area contributed by atoms with E-state index in [4.69, 9.17) is 5.73 Å². The summed E-state index contributed by atoms with van der Waals surface area (Å²) >= 11 is 0. The summed E-state index contributed by atoms with van der Waals surface area (Å²) in [7, 11) is 0. The van der Waals surface area contributed by atoms with E-state index >= 15 is 0 Å². The third-order valence-corrected chi connectivity index (χ3v) is 2.63. The summed E-state index contributed by atoms with van der Waals surface area (Å²) < 4.78 is 2.14. The standard InChI is InChI=1S/C13H17N3/c1-3-7-16-8-6-15-13(16)11-9-10(2)4-5-12(11)14/h4-6,8-9H,3,7,14H2,1-2H3. The normalized spacial score (nSPS) is 10.6. The molecule has 0 atom stereocenters. The number of nitrogen functional groups attached to an aromatic ring is 1. The van der Waals surface area contributed by atoms with Crippen LogP contribution in [0.2, 0.25) is 0 Å². The van der Waals surface area contributed by atoms with E-state index in [-0.39, 0.29) is 0 Å². The van der Waals surface area contributed by atoms with Gasteiger partial charge in [-0.2, -0.15) is 0 Å². The Hall–Kier alpha value is -1.77. The van der Waals surface area contributed by atoms with E-state index in [9.17, 15) is 0 Å². The second kappa shape index (κ2) is 4.39. The van der Waals surface area contributed by atoms with Crippen LogP contribution in [0.15, 0.2) is 30.6 Å². The largest absolute Gasteiger partial charge is 0.398 e. The molecule has 0 aliphatic rings. The second-order valence-corrected chi connectivity index (χ2v) is 4.03. The van der Waals surface area contributed by atoms with Crippen LogP contribution in [-0.4, -0.2) is 9.55 Å². The van der Waals surface area contributed by atoms with E-state index in [0.717, 1.165) is 30.0 Å². The molecule has 0 radical (unpaired) electrons. The molecule has 0 aliphatic heterocycles. The van der Waals surface area contributed by atoms with Gasteiger partial charge in [-0.05, 0) is 25.5 Å². The van der Waals surface area contributed by atoms with E-state index in [2.05, 4.69) is 29.5 Å². The lowest BCUT2D eigenvalue weighted by atomic mass is 10.1. The van der Waals surface area contributed by atoms with Gasteiger partial charge >= 0.3 is 0 Å². The zero-order valence-corrected chi connectivity index (χ0v) is 9.77. The smallest absolute Gasteiger partial charge is 0.141 e. The van der Waals surface area contributed by atoms with Crippen molar-refractivity contribution in [2.24, 2.45) is 0 Å². The molecule has 2 aromatic rings. The molecular formula is C13H17N3. The van der Waals surface area contributed by atoms with Crippen molar-refractivity contribution < 1.29 is 0 Å². The van der Waals surface area contributed by atoms with Crippen LogP contribution in [0.1, 0.15) is 18.9 Å². The first kappa shape index (κ1) is 10.7. The molecule has 0 fully saturated rings. The van der Waals surface area contributed by atoms with Crippen LogP contribution in [0.3, 0.4) is 0 Å². The van der Waals surface area contributed by atoms with Gasteiger partial charge in [0.1, 0.15) is 5.82 Å². The Morgan fingerprint density at radius 3 is 2.94 bits per heavy atom. The summed E-state index contributed by atoms with van der Waals surface area (Å²) in [6.45, 7) is 5.20. The van der Waals surface area contributed by atoms with Gasteiger partial charge in [0.25, 0.3) is 0 Å². The van der Waals surface area contributed by atoms with Gasteiger partial charge in [-0.1, -0.05) is 18.6 Å². The highest BCUT2D eigenvalue weighted by Crippen LogP contribution is 2.25. The molecule has 2 N–H and O–H groups in total. The number of aryl methyl sites for hydroxylation is 2. The van der Waals surface area contributed by atoms with E-state index in [1.165, 1.54) is 5.56 Å². The number of aromatic nitrogens is 2. The Labute approximate surface area is 95.9 Å². The van der Waals surface area contributed by atoms with Crippen molar-refractivity contribution in [3.05, 3.63) is 36.2 Å². The molecule has 16 heavy (non-hydrogen) atoms. The Morgan fingerprint density at radius 1 is 1.38 bits per heavy atom. The zero-order chi connectivity index (χ0) is 11.5. The van der Waals surface area contributed by atoms with Gasteiger partial charge in [-0.25, -0.2) is 4.98 Å². The average molecular weight is 215 g/mol. The molecule has 2 rings (SSSR count). The summed E-state index contributed by atoms with van der Waals surface area (Å²) in [6.07, 6.45) is 4.92. The maximum Gasteiger partial charge on any atom is 0.141 e. The molecule has 1 aromatic carbocycles. The Kier molecular flexibility index (Phi) is 2.95. The monoisotopic (exact) mass is 215 g/mol. The molecule has 1 heterocycles. The molecule has 0 unspecified atom stereocenters. The highest BCUT2D eigenvalue weighted by atomic mass is 15.1. The molecule has 0 spiro atoms. The first-order valence-corrected chi connectivity index (χ1v) is 5.60. The van der Waals surface area contributed by atoms with Gasteiger partial charge in [0, 0.05) is 30.2 Å². The van der Waals surface area contributed by atoms with Crippen LogP contribution >= 0.6 is 0 Å². The molecule has 0 bridgehead atoms. The highest BCUT2D eigenvalue weighted by molar-refractivity contribution is 5.72. The number of anilines is 1. The quantitative estimate of drug-likeness (QED) is 0.800. The van der Waals surface area contributed by atoms with Crippen molar-refractivity contribution in [2.75, 3.05) is 5.73 Å². The number of rotatable bonds is 3. The van der Waals surface area contributed by atoms with E-state index in [1.807, 2.05) is 24.5 Å². The van der Waals surface area contributed by atoms with Gasteiger partial charge in [0.2, 0.25) is 0 Å². The second-order valence-electron chi connectivity index (χ2n) is 4.03. The van der Waals surface area contributed by atoms with Gasteiger partial charge in [-0.3, -0.25) is 0 Å². The summed E-state index contributed by atoms with van der Waals surface area (Å²) in [5, 5.41) is 0. The van der Waals surface area contributed by atoms with Crippen LogP contribution in [0, 0.1) is 6.92 Å². The van der Waals surface area contributed by atoms with Crippen LogP contribution in [0.25, 0.3) is 11.4 Å². The van der Waals surface area contributed by atoms with Gasteiger partial charge < -0.3 is 10.3 Å². The fourth-order valence-electron chi connectivity index (χ4n) is 1.84. The fourth-order valence-corrected chi connectivity index (χ4v) is 1.84. The number of imidazole rings is 1. The first-order chi connectivity index (χ1) is 7.72. The summed E-state index contributed by atoms with van der Waals surface area (Å²) in [4.78, 5) is 4.39. The Bertz CT molecular complexity index is 486. The SMILES string of the molecule is CCCn1ccnc1-c1cc(C)ccc1N. The minimum atomic E-state index is 0.786. The van der Waals surface area contributed by atoms with E-state index < -0.39 is 0 Å². The number of nitrogens with two attached hydrogens (primary N) is 1. The van der Waals surface area contributed by atoms with Crippen molar-refractivity contribution in [1.29, 1.82) is 0 Å². The van der Waals surface area contributed by atoms with Crippen molar-refractivity contribution in [1.82, 2.24) is 9.55 Å². The third-order valence-electron chi connectivity index (χ3n) is 2.63. The molecular weight excluding hydrogens is 198 g/mol. The average Bonchev–Trinajstić information content (AvgIpc) is 2.70. The van der Waals surface area contributed by atoms with E-state index in [0.29, 0.717) is 0 Å². The lowest BCUT2D eigenvalue weighted by Crippen LogP contribution is -2.01. The number of hydrogen-bond donors (Lipinski definition) is 1. The van der Waals surface area contributed by atoms with Crippen molar-refractivity contribution in [3.8, 4) is 11.4 Å². The maximum atomic E-state index is 5.99. The number of hydrogen-bond acceptors (Lipinski definition) is 2. The first-order valence-electron chi connectivity index (χ1n) is 5.60. The predicted octanol–water partition coefficient (Wildman–Crippen LogP) is 2.85. The van der Waals surface area contributed by atoms with Gasteiger partial charge in [0.05, 0.1) is 0 Å². The summed E-state index contributed by atoms with van der Waals surface area (Å²) in [5.41, 5.74) is 9.01. The fraction of sp³-hybridized carbons (Fsp3) is 0.308. The third kappa shape index (κ3) is 1.94. The van der Waals surface area contributed by atoms with Crippen molar-refractivity contribution in [3.63, 3.8) is 0 Å². The lowest BCUT2D eigenvalue weighted by molar-refractivity contribution is 0.685. The topological polar surface area (TPSA) is 43.8 Å². The van der Waals surface area contributed by atoms with E-state index in [1.54, 1.807) is 0 Å². The number of benzene rings is 1.